The lowest BCUT2D eigenvalue weighted by Gasteiger charge is -2.51. The molecule has 0 radical (unpaired) electrons. The SMILES string of the molecule is CC1=Cc2c(ccc3ccccc23)C1=[B-](c1c2ccc3ccccc3c2c[c-]1C)N(C(C)C)C(C)C. The quantitative estimate of drug-likeness (QED) is 0.193. The lowest BCUT2D eigenvalue weighted by Crippen LogP contribution is -2.53. The molecule has 0 bridgehead atoms. The van der Waals surface area contributed by atoms with Crippen molar-refractivity contribution in [3.63, 3.8) is 0 Å². The summed E-state index contributed by atoms with van der Waals surface area (Å²) in [5.41, 5.74) is 8.44. The molecule has 5 aromatic carbocycles. The second-order valence-corrected chi connectivity index (χ2v) is 11.0. The van der Waals surface area contributed by atoms with Gasteiger partial charge in [0.2, 0.25) is 0 Å². The lowest BCUT2D eigenvalue weighted by atomic mass is 9.56. The van der Waals surface area contributed by atoms with Crippen LogP contribution in [0.25, 0.3) is 38.4 Å². The number of hydrogen-bond donors (Lipinski definition) is 0. The third kappa shape index (κ3) is 3.38. The molecule has 180 valence electrons. The van der Waals surface area contributed by atoms with Gasteiger partial charge in [-0.15, -0.1) is 6.07 Å². The van der Waals surface area contributed by atoms with E-state index in [4.69, 9.17) is 0 Å². The Hall–Kier alpha value is -3.52. The average Bonchev–Trinajstić information content (AvgIpc) is 3.38. The Morgan fingerprint density at radius 3 is 2.00 bits per heavy atom. The highest BCUT2D eigenvalue weighted by atomic mass is 15.1. The fraction of sp³-hybridized carbons (Fsp3) is 0.235. The molecule has 6 rings (SSSR count). The highest BCUT2D eigenvalue weighted by Crippen LogP contribution is 2.34. The number of hydrogen-bond acceptors (Lipinski definition) is 1. The predicted octanol–water partition coefficient (Wildman–Crippen LogP) is 7.71. The van der Waals surface area contributed by atoms with E-state index in [9.17, 15) is 0 Å². The van der Waals surface area contributed by atoms with Crippen LogP contribution in [0.15, 0.2) is 84.4 Å². The molecule has 0 saturated heterocycles. The topological polar surface area (TPSA) is 3.24 Å². The summed E-state index contributed by atoms with van der Waals surface area (Å²) in [6.45, 7) is 14.2. The number of nitrogens with zero attached hydrogens (tertiary/aromatic N) is 1. The zero-order chi connectivity index (χ0) is 25.1. The van der Waals surface area contributed by atoms with E-state index in [1.165, 1.54) is 65.5 Å². The Morgan fingerprint density at radius 2 is 1.31 bits per heavy atom. The number of allylic oxidation sites excluding steroid dienone is 1. The van der Waals surface area contributed by atoms with Crippen LogP contribution in [-0.2, 0) is 0 Å². The summed E-state index contributed by atoms with van der Waals surface area (Å²) in [6, 6.07) is 30.2. The van der Waals surface area contributed by atoms with Gasteiger partial charge in [-0.3, -0.25) is 0 Å². The van der Waals surface area contributed by atoms with E-state index in [1.54, 1.807) is 0 Å². The van der Waals surface area contributed by atoms with Crippen molar-refractivity contribution in [2.45, 2.75) is 53.6 Å². The van der Waals surface area contributed by atoms with Crippen LogP contribution in [0.4, 0.5) is 0 Å². The number of fused-ring (bicyclic) bond motifs is 6. The Balaban J connectivity index is 1.75. The van der Waals surface area contributed by atoms with Crippen LogP contribution in [0.1, 0.15) is 51.3 Å². The van der Waals surface area contributed by atoms with Crippen LogP contribution in [-0.4, -0.2) is 28.8 Å². The minimum absolute atomic E-state index is 0.183. The number of benzene rings is 4. The summed E-state index contributed by atoms with van der Waals surface area (Å²) < 4.78 is 0. The van der Waals surface area contributed by atoms with Crippen LogP contribution in [0.3, 0.4) is 0 Å². The molecule has 0 unspecified atom stereocenters. The first-order valence-corrected chi connectivity index (χ1v) is 13.3. The minimum atomic E-state index is 0.183. The second kappa shape index (κ2) is 8.55. The van der Waals surface area contributed by atoms with Crippen molar-refractivity contribution < 1.29 is 0 Å². The zero-order valence-electron chi connectivity index (χ0n) is 22.3. The summed E-state index contributed by atoms with van der Waals surface area (Å²) >= 11 is 0. The smallest absolute Gasteiger partial charge is 0.0106 e. The molecule has 0 N–H and O–H groups in total. The Labute approximate surface area is 215 Å². The molecule has 5 aromatic rings. The van der Waals surface area contributed by atoms with E-state index >= 15 is 0 Å². The Morgan fingerprint density at radius 1 is 0.694 bits per heavy atom. The molecule has 0 fully saturated rings. The first-order chi connectivity index (χ1) is 17.4. The molecular formula is C34H34BN-2. The van der Waals surface area contributed by atoms with Gasteiger partial charge in [-0.2, -0.15) is 22.5 Å². The molecule has 1 aliphatic rings. The molecular weight excluding hydrogens is 433 g/mol. The third-order valence-electron chi connectivity index (χ3n) is 8.13. The number of aryl methyl sites for hydroxylation is 1. The van der Waals surface area contributed by atoms with Crippen LogP contribution >= 0.6 is 0 Å². The Bertz CT molecular complexity index is 1700. The molecule has 0 amide bonds. The molecule has 1 nitrogen and oxygen atoms in total. The molecule has 0 aromatic heterocycles. The van der Waals surface area contributed by atoms with Gasteiger partial charge in [-0.25, -0.2) is 5.39 Å². The van der Waals surface area contributed by atoms with Gasteiger partial charge in [0.1, 0.15) is 0 Å². The average molecular weight is 467 g/mol. The highest BCUT2D eigenvalue weighted by molar-refractivity contribution is 6.87. The fourth-order valence-corrected chi connectivity index (χ4v) is 6.75. The maximum atomic E-state index is 2.72. The van der Waals surface area contributed by atoms with Crippen LogP contribution in [0, 0.1) is 6.92 Å². The van der Waals surface area contributed by atoms with Gasteiger partial charge in [-0.1, -0.05) is 96.3 Å². The van der Waals surface area contributed by atoms with Crippen LogP contribution < -0.4 is 5.46 Å². The maximum absolute atomic E-state index is 2.72. The minimum Gasteiger partial charge on any atom is -0.580 e. The molecule has 2 heteroatoms. The molecule has 36 heavy (non-hydrogen) atoms. The third-order valence-corrected chi connectivity index (χ3v) is 8.13. The van der Waals surface area contributed by atoms with E-state index in [0.717, 1.165) is 0 Å². The van der Waals surface area contributed by atoms with E-state index < -0.39 is 0 Å². The predicted molar refractivity (Wildman–Crippen MR) is 161 cm³/mol. The summed E-state index contributed by atoms with van der Waals surface area (Å²) in [7, 11) is 0. The summed E-state index contributed by atoms with van der Waals surface area (Å²) in [5, 5.41) is 8.07. The highest BCUT2D eigenvalue weighted by Gasteiger charge is 2.20. The van der Waals surface area contributed by atoms with E-state index in [1.807, 2.05) is 0 Å². The van der Waals surface area contributed by atoms with Gasteiger partial charge in [0, 0.05) is 0 Å². The van der Waals surface area contributed by atoms with Crippen molar-refractivity contribution in [1.82, 2.24) is 4.81 Å². The van der Waals surface area contributed by atoms with Gasteiger partial charge < -0.3 is 10.3 Å². The molecule has 0 atom stereocenters. The van der Waals surface area contributed by atoms with Gasteiger partial charge in [0.15, 0.2) is 0 Å². The van der Waals surface area contributed by atoms with E-state index in [-0.39, 0.29) is 6.49 Å². The van der Waals surface area contributed by atoms with Gasteiger partial charge >= 0.3 is 0 Å². The van der Waals surface area contributed by atoms with Crippen molar-refractivity contribution in [3.8, 4) is 0 Å². The molecule has 0 aliphatic heterocycles. The van der Waals surface area contributed by atoms with Gasteiger partial charge in [0.25, 0.3) is 0 Å². The summed E-state index contributed by atoms with van der Waals surface area (Å²) in [4.78, 5) is 2.72. The van der Waals surface area contributed by atoms with Gasteiger partial charge in [-0.05, 0) is 74.9 Å². The summed E-state index contributed by atoms with van der Waals surface area (Å²) in [6.07, 6.45) is 2.43. The van der Waals surface area contributed by atoms with Crippen molar-refractivity contribution in [1.29, 1.82) is 0 Å². The standard InChI is InChI=1S/C34H34BN/c1-21(2)36(22(3)4)35(33-23(5)19-31-27-13-9-7-11-25(27)15-17-29(31)33)34-24(6)20-32-28-14-10-8-12-26(28)16-18-30(32)34/h7-22H,1-6H3/q-2. The zero-order valence-corrected chi connectivity index (χ0v) is 22.3. The first kappa shape index (κ1) is 22.9. The van der Waals surface area contributed by atoms with Crippen LogP contribution in [0.2, 0.25) is 0 Å². The van der Waals surface area contributed by atoms with Crippen molar-refractivity contribution in [2.75, 3.05) is 0 Å². The van der Waals surface area contributed by atoms with E-state index in [0.29, 0.717) is 12.1 Å². The normalized spacial score (nSPS) is 14.8. The van der Waals surface area contributed by atoms with Crippen LogP contribution in [0.5, 0.6) is 0 Å². The molecule has 0 heterocycles. The lowest BCUT2D eigenvalue weighted by molar-refractivity contribution is 0.313. The van der Waals surface area contributed by atoms with Crippen molar-refractivity contribution in [3.05, 3.63) is 101 Å². The first-order valence-electron chi connectivity index (χ1n) is 13.3. The monoisotopic (exact) mass is 467 g/mol. The van der Waals surface area contributed by atoms with E-state index in [2.05, 4.69) is 131 Å². The number of rotatable bonds is 4. The molecule has 0 saturated carbocycles. The van der Waals surface area contributed by atoms with Gasteiger partial charge in [0.05, 0.1) is 0 Å². The second-order valence-electron chi connectivity index (χ2n) is 11.0. The maximum Gasteiger partial charge on any atom is -0.0106 e. The van der Waals surface area contributed by atoms with Crippen molar-refractivity contribution in [2.24, 2.45) is 0 Å². The molecule has 1 aliphatic carbocycles. The molecule has 0 spiro atoms. The van der Waals surface area contributed by atoms with Crippen molar-refractivity contribution >= 4 is 55.8 Å². The Kier molecular flexibility index (Phi) is 5.45. The fourth-order valence-electron chi connectivity index (χ4n) is 6.75. The summed E-state index contributed by atoms with van der Waals surface area (Å²) in [5.74, 6) is 0. The largest absolute Gasteiger partial charge is 0.580 e.